The van der Waals surface area contributed by atoms with Crippen LogP contribution in [0.1, 0.15) is 33.6 Å². The van der Waals surface area contributed by atoms with E-state index >= 15 is 0 Å². The highest BCUT2D eigenvalue weighted by Crippen LogP contribution is 2.82. The number of hydrogen-bond acceptors (Lipinski definition) is 3. The van der Waals surface area contributed by atoms with Crippen molar-refractivity contribution in [1.82, 2.24) is 4.47 Å². The molecule has 7 heteroatoms. The van der Waals surface area contributed by atoms with Gasteiger partial charge in [0.25, 0.3) is 0 Å². The van der Waals surface area contributed by atoms with Gasteiger partial charge in [-0.2, -0.15) is 4.21 Å². The number of nitrogens with zero attached hydrogens (tertiary/aromatic N) is 1. The highest BCUT2D eigenvalue weighted by molar-refractivity contribution is 7.78. The minimum atomic E-state index is -1.81. The Hall–Kier alpha value is -0.330. The van der Waals surface area contributed by atoms with E-state index in [0.29, 0.717) is 5.75 Å². The number of para-hydroxylation sites is 1. The van der Waals surface area contributed by atoms with E-state index in [4.69, 9.17) is 32.2 Å². The molecule has 2 aliphatic carbocycles. The zero-order chi connectivity index (χ0) is 16.7. The van der Waals surface area contributed by atoms with Crippen LogP contribution in [0, 0.1) is 16.7 Å². The molecular formula is C16H19Cl2NO3S. The monoisotopic (exact) mass is 375 g/mol. The van der Waals surface area contributed by atoms with Crippen LogP contribution < -0.4 is 4.18 Å². The molecule has 0 radical (unpaired) electrons. The van der Waals surface area contributed by atoms with Crippen LogP contribution in [-0.4, -0.2) is 18.7 Å². The maximum absolute atomic E-state index is 12.6. The lowest BCUT2D eigenvalue weighted by Crippen LogP contribution is -2.50. The molecule has 4 rings (SSSR count). The molecule has 1 aliphatic heterocycles. The zero-order valence-corrected chi connectivity index (χ0v) is 15.5. The van der Waals surface area contributed by atoms with Gasteiger partial charge in [-0.15, -0.1) is 0 Å². The summed E-state index contributed by atoms with van der Waals surface area (Å²) in [4.78, 5) is 5.83. The fourth-order valence-corrected chi connectivity index (χ4v) is 7.23. The molecule has 4 unspecified atom stereocenters. The summed E-state index contributed by atoms with van der Waals surface area (Å²) < 4.78 is 18.4. The van der Waals surface area contributed by atoms with Crippen molar-refractivity contribution in [3.05, 3.63) is 30.3 Å². The molecule has 1 heterocycles. The smallest absolute Gasteiger partial charge is 0.318 e. The summed E-state index contributed by atoms with van der Waals surface area (Å²) in [6.45, 7) is 6.46. The van der Waals surface area contributed by atoms with Gasteiger partial charge in [-0.05, 0) is 34.9 Å². The standard InChI is InChI=1S/C16H19Cl2NO3S/c1-13(2)12-9-10-14(13,3)16(15(12,17)18)19(22-16)23(20)21-11-7-5-4-6-8-11/h4-8,12H,9-10H2,1-3H3/t12?,14-,16?,19?,23?/m1/s1. The van der Waals surface area contributed by atoms with E-state index in [9.17, 15) is 4.21 Å². The maximum atomic E-state index is 12.6. The Bertz CT molecular complexity index is 683. The van der Waals surface area contributed by atoms with Gasteiger partial charge in [0.2, 0.25) is 5.72 Å². The van der Waals surface area contributed by atoms with Gasteiger partial charge < -0.3 is 4.18 Å². The van der Waals surface area contributed by atoms with Crippen molar-refractivity contribution >= 4 is 34.5 Å². The van der Waals surface area contributed by atoms with E-state index in [-0.39, 0.29) is 16.7 Å². The molecule has 1 spiro atoms. The lowest BCUT2D eigenvalue weighted by molar-refractivity contribution is 0.0680. The number of hydroxylamine groups is 1. The predicted molar refractivity (Wildman–Crippen MR) is 89.9 cm³/mol. The van der Waals surface area contributed by atoms with Gasteiger partial charge in [-0.1, -0.05) is 62.2 Å². The first-order valence-electron chi connectivity index (χ1n) is 7.71. The fourth-order valence-electron chi connectivity index (χ4n) is 4.66. The number of hydrogen-bond donors (Lipinski definition) is 0. The van der Waals surface area contributed by atoms with Gasteiger partial charge in [0.05, 0.1) is 0 Å². The highest BCUT2D eigenvalue weighted by Gasteiger charge is 2.91. The Morgan fingerprint density at radius 1 is 1.26 bits per heavy atom. The minimum Gasteiger partial charge on any atom is -0.387 e. The van der Waals surface area contributed by atoms with Gasteiger partial charge in [0, 0.05) is 11.3 Å². The van der Waals surface area contributed by atoms with Gasteiger partial charge in [-0.3, -0.25) is 4.84 Å². The van der Waals surface area contributed by atoms with E-state index in [1.807, 2.05) is 18.2 Å². The summed E-state index contributed by atoms with van der Waals surface area (Å²) in [7, 11) is 0. The first-order valence-corrected chi connectivity index (χ1v) is 9.50. The molecule has 4 nitrogen and oxygen atoms in total. The van der Waals surface area contributed by atoms with E-state index in [2.05, 4.69) is 20.8 Å². The average Bonchev–Trinajstić information content (AvgIpc) is 3.17. The van der Waals surface area contributed by atoms with E-state index < -0.39 is 21.3 Å². The number of rotatable bonds is 3. The molecule has 23 heavy (non-hydrogen) atoms. The van der Waals surface area contributed by atoms with Crippen LogP contribution in [0.4, 0.5) is 0 Å². The molecule has 3 aliphatic rings. The number of benzene rings is 1. The third kappa shape index (κ3) is 1.73. The predicted octanol–water partition coefficient (Wildman–Crippen LogP) is 4.22. The average molecular weight is 376 g/mol. The van der Waals surface area contributed by atoms with Gasteiger partial charge in [0.15, 0.2) is 4.33 Å². The number of halogens is 2. The van der Waals surface area contributed by atoms with Crippen LogP contribution in [0.3, 0.4) is 0 Å². The van der Waals surface area contributed by atoms with Crippen molar-refractivity contribution in [2.75, 3.05) is 0 Å². The first-order chi connectivity index (χ1) is 10.7. The SMILES string of the molecule is CC1(C)C2CC[C@@]1(C)C1(ON1S(=O)Oc1ccccc1)C2(Cl)Cl. The molecule has 2 saturated carbocycles. The largest absolute Gasteiger partial charge is 0.387 e. The minimum absolute atomic E-state index is 0.0852. The Morgan fingerprint density at radius 2 is 1.91 bits per heavy atom. The third-order valence-corrected chi connectivity index (χ3v) is 8.33. The normalized spacial score (nSPS) is 43.5. The first kappa shape index (κ1) is 16.2. The summed E-state index contributed by atoms with van der Waals surface area (Å²) in [6, 6.07) is 9.00. The Kier molecular flexibility index (Phi) is 3.26. The molecule has 1 saturated heterocycles. The van der Waals surface area contributed by atoms with Crippen LogP contribution in [0.25, 0.3) is 0 Å². The Morgan fingerprint density at radius 3 is 2.48 bits per heavy atom. The van der Waals surface area contributed by atoms with Crippen molar-refractivity contribution in [2.45, 2.75) is 43.7 Å². The van der Waals surface area contributed by atoms with Crippen molar-refractivity contribution < 1.29 is 13.2 Å². The molecule has 5 atom stereocenters. The van der Waals surface area contributed by atoms with E-state index in [1.54, 1.807) is 12.1 Å². The summed E-state index contributed by atoms with van der Waals surface area (Å²) in [5.74, 6) is 0.598. The molecule has 0 aromatic heterocycles. The van der Waals surface area contributed by atoms with E-state index in [0.717, 1.165) is 12.8 Å². The van der Waals surface area contributed by atoms with Crippen molar-refractivity contribution in [3.63, 3.8) is 0 Å². The second-order valence-electron chi connectivity index (χ2n) is 7.37. The maximum Gasteiger partial charge on any atom is 0.318 e. The van der Waals surface area contributed by atoms with Crippen molar-refractivity contribution in [2.24, 2.45) is 16.7 Å². The van der Waals surface area contributed by atoms with Crippen LogP contribution in [0.5, 0.6) is 5.75 Å². The second-order valence-corrected chi connectivity index (χ2v) is 9.69. The number of alkyl halides is 2. The Balaban J connectivity index is 1.65. The summed E-state index contributed by atoms with van der Waals surface area (Å²) in [6.07, 6.45) is 1.88. The molecule has 1 aromatic rings. The summed E-state index contributed by atoms with van der Waals surface area (Å²) in [5.41, 5.74) is -1.36. The molecule has 1 aromatic carbocycles. The summed E-state index contributed by atoms with van der Waals surface area (Å²) >= 11 is 11.7. The quantitative estimate of drug-likeness (QED) is 0.586. The van der Waals surface area contributed by atoms with E-state index in [1.165, 1.54) is 4.47 Å². The number of fused-ring (bicyclic) bond motifs is 3. The van der Waals surface area contributed by atoms with Gasteiger partial charge >= 0.3 is 11.3 Å². The molecule has 0 N–H and O–H groups in total. The van der Waals surface area contributed by atoms with Crippen LogP contribution in [0.15, 0.2) is 30.3 Å². The molecule has 126 valence electrons. The zero-order valence-electron chi connectivity index (χ0n) is 13.2. The van der Waals surface area contributed by atoms with Crippen molar-refractivity contribution in [3.8, 4) is 5.75 Å². The van der Waals surface area contributed by atoms with Gasteiger partial charge in [-0.25, -0.2) is 0 Å². The van der Waals surface area contributed by atoms with Crippen molar-refractivity contribution in [1.29, 1.82) is 0 Å². The van der Waals surface area contributed by atoms with Gasteiger partial charge in [0.1, 0.15) is 5.75 Å². The topological polar surface area (TPSA) is 41.8 Å². The second kappa shape index (κ2) is 4.64. The molecule has 2 bridgehead atoms. The fraction of sp³-hybridized carbons (Fsp3) is 0.625. The van der Waals surface area contributed by atoms with Crippen LogP contribution in [-0.2, 0) is 16.1 Å². The van der Waals surface area contributed by atoms with Crippen LogP contribution in [0.2, 0.25) is 0 Å². The summed E-state index contributed by atoms with van der Waals surface area (Å²) in [5, 5.41) is 0. The highest BCUT2D eigenvalue weighted by atomic mass is 35.5. The molecule has 3 fully saturated rings. The van der Waals surface area contributed by atoms with Crippen LogP contribution >= 0.6 is 23.2 Å². The molecule has 0 amide bonds. The molecular weight excluding hydrogens is 357 g/mol. The Labute approximate surface area is 148 Å². The lowest BCUT2D eigenvalue weighted by Gasteiger charge is -2.37. The lowest BCUT2D eigenvalue weighted by atomic mass is 9.68. The third-order valence-electron chi connectivity index (χ3n) is 6.35.